The van der Waals surface area contributed by atoms with Crippen molar-refractivity contribution >= 4 is 29.1 Å². The molecule has 1 unspecified atom stereocenters. The van der Waals surface area contributed by atoms with E-state index in [2.05, 4.69) is 0 Å². The Labute approximate surface area is 167 Å². The third-order valence-corrected chi connectivity index (χ3v) is 4.84. The number of nitrogens with zero attached hydrogens (tertiary/aromatic N) is 1. The second-order valence-corrected chi connectivity index (χ2v) is 6.68. The van der Waals surface area contributed by atoms with Crippen LogP contribution in [0.15, 0.2) is 54.1 Å². The molecular weight excluding hydrogens is 382 g/mol. The van der Waals surface area contributed by atoms with Gasteiger partial charge in [0, 0.05) is 18.7 Å². The van der Waals surface area contributed by atoms with Gasteiger partial charge < -0.3 is 19.5 Å². The van der Waals surface area contributed by atoms with Gasteiger partial charge in [0.1, 0.15) is 11.5 Å². The molecule has 2 aromatic carbocycles. The number of methoxy groups -OCH3 is 2. The number of ether oxygens (including phenoxy) is 2. The number of amides is 1. The van der Waals surface area contributed by atoms with Crippen LogP contribution in [0.3, 0.4) is 0 Å². The zero-order valence-corrected chi connectivity index (χ0v) is 16.3. The van der Waals surface area contributed by atoms with Crippen LogP contribution < -0.4 is 4.74 Å². The van der Waals surface area contributed by atoms with Gasteiger partial charge in [-0.05, 0) is 23.8 Å². The molecule has 1 aliphatic rings. The fourth-order valence-electron chi connectivity index (χ4n) is 3.29. The summed E-state index contributed by atoms with van der Waals surface area (Å²) in [5, 5.41) is 11.4. The number of rotatable bonds is 6. The monoisotopic (exact) mass is 401 g/mol. The highest BCUT2D eigenvalue weighted by Gasteiger charge is 2.46. The lowest BCUT2D eigenvalue weighted by atomic mass is 9.95. The Kier molecular flexibility index (Phi) is 6.02. The number of hydrogen-bond donors (Lipinski definition) is 1. The quantitative estimate of drug-likeness (QED) is 0.456. The molecule has 0 radical (unpaired) electrons. The average molecular weight is 402 g/mol. The first-order valence-corrected chi connectivity index (χ1v) is 9.03. The van der Waals surface area contributed by atoms with Crippen LogP contribution in [0.25, 0.3) is 5.76 Å². The Morgan fingerprint density at radius 1 is 1.14 bits per heavy atom. The molecule has 1 amide bonds. The Morgan fingerprint density at radius 2 is 1.86 bits per heavy atom. The zero-order valence-electron chi connectivity index (χ0n) is 15.5. The third-order valence-electron chi connectivity index (χ3n) is 4.61. The minimum Gasteiger partial charge on any atom is -0.507 e. The van der Waals surface area contributed by atoms with Gasteiger partial charge in [-0.2, -0.15) is 0 Å². The zero-order chi connectivity index (χ0) is 20.3. The van der Waals surface area contributed by atoms with Crippen LogP contribution in [-0.4, -0.2) is 49.1 Å². The molecule has 1 fully saturated rings. The average Bonchev–Trinajstić information content (AvgIpc) is 2.97. The Bertz CT molecular complexity index is 926. The van der Waals surface area contributed by atoms with Gasteiger partial charge in [0.2, 0.25) is 0 Å². The molecule has 28 heavy (non-hydrogen) atoms. The van der Waals surface area contributed by atoms with E-state index in [0.29, 0.717) is 16.3 Å². The molecule has 0 aromatic heterocycles. The van der Waals surface area contributed by atoms with Gasteiger partial charge in [0.25, 0.3) is 11.7 Å². The van der Waals surface area contributed by atoms with Crippen LogP contribution in [0.4, 0.5) is 0 Å². The SMILES string of the molecule is COCCN1C(=O)C(=O)/C(=C(/O)c2cc(Cl)ccc2OC)C1c1ccccc1. The van der Waals surface area contributed by atoms with E-state index < -0.39 is 17.7 Å². The molecule has 7 heteroatoms. The number of Topliss-reactive ketones (excluding diaryl/α,β-unsaturated/α-hetero) is 1. The van der Waals surface area contributed by atoms with Crippen molar-refractivity contribution in [2.75, 3.05) is 27.4 Å². The summed E-state index contributed by atoms with van der Waals surface area (Å²) in [4.78, 5) is 26.9. The van der Waals surface area contributed by atoms with Crippen LogP contribution in [0.5, 0.6) is 5.75 Å². The second-order valence-electron chi connectivity index (χ2n) is 6.24. The predicted molar refractivity (Wildman–Crippen MR) is 105 cm³/mol. The normalized spacial score (nSPS) is 18.5. The minimum atomic E-state index is -0.760. The van der Waals surface area contributed by atoms with Gasteiger partial charge >= 0.3 is 0 Å². The number of carbonyl (C=O) groups excluding carboxylic acids is 2. The maximum absolute atomic E-state index is 12.8. The molecule has 1 heterocycles. The molecule has 0 aliphatic carbocycles. The Hall–Kier alpha value is -2.83. The van der Waals surface area contributed by atoms with Crippen molar-refractivity contribution in [3.63, 3.8) is 0 Å². The topological polar surface area (TPSA) is 76.1 Å². The first-order valence-electron chi connectivity index (χ1n) is 8.65. The third kappa shape index (κ3) is 3.61. The number of carbonyl (C=O) groups is 2. The first kappa shape index (κ1) is 19.9. The van der Waals surface area contributed by atoms with Gasteiger partial charge in [-0.15, -0.1) is 0 Å². The smallest absolute Gasteiger partial charge is 0.295 e. The maximum Gasteiger partial charge on any atom is 0.295 e. The van der Waals surface area contributed by atoms with E-state index in [1.165, 1.54) is 25.2 Å². The van der Waals surface area contributed by atoms with Gasteiger partial charge in [0.05, 0.1) is 30.9 Å². The number of ketones is 1. The molecular formula is C21H20ClNO5. The number of aliphatic hydroxyl groups excluding tert-OH is 1. The first-order chi connectivity index (χ1) is 13.5. The lowest BCUT2D eigenvalue weighted by Crippen LogP contribution is -2.32. The van der Waals surface area contributed by atoms with Crippen molar-refractivity contribution in [2.45, 2.75) is 6.04 Å². The van der Waals surface area contributed by atoms with Crippen molar-refractivity contribution in [1.82, 2.24) is 4.90 Å². The number of likely N-dealkylation sites (tertiary alicyclic amines) is 1. The molecule has 6 nitrogen and oxygen atoms in total. The molecule has 2 aromatic rings. The largest absolute Gasteiger partial charge is 0.507 e. The predicted octanol–water partition coefficient (Wildman–Crippen LogP) is 3.42. The van der Waals surface area contributed by atoms with Crippen LogP contribution in [0.1, 0.15) is 17.2 Å². The summed E-state index contributed by atoms with van der Waals surface area (Å²) in [6, 6.07) is 13.0. The number of aliphatic hydroxyl groups is 1. The molecule has 1 aliphatic heterocycles. The lowest BCUT2D eigenvalue weighted by Gasteiger charge is -2.25. The van der Waals surface area contributed by atoms with Crippen molar-refractivity contribution in [3.8, 4) is 5.75 Å². The van der Waals surface area contributed by atoms with Crippen LogP contribution in [-0.2, 0) is 14.3 Å². The van der Waals surface area contributed by atoms with Crippen molar-refractivity contribution in [2.24, 2.45) is 0 Å². The summed E-state index contributed by atoms with van der Waals surface area (Å²) in [6.07, 6.45) is 0. The van der Waals surface area contributed by atoms with Crippen molar-refractivity contribution in [3.05, 3.63) is 70.3 Å². The highest BCUT2D eigenvalue weighted by atomic mass is 35.5. The van der Waals surface area contributed by atoms with Gasteiger partial charge in [-0.25, -0.2) is 0 Å². The van der Waals surface area contributed by atoms with Crippen molar-refractivity contribution < 1.29 is 24.2 Å². The summed E-state index contributed by atoms with van der Waals surface area (Å²) in [5.74, 6) is -1.43. The number of halogens is 1. The van der Waals surface area contributed by atoms with E-state index in [1.807, 2.05) is 18.2 Å². The number of hydrogen-bond acceptors (Lipinski definition) is 5. The lowest BCUT2D eigenvalue weighted by molar-refractivity contribution is -0.140. The fraction of sp³-hybridized carbons (Fsp3) is 0.238. The highest BCUT2D eigenvalue weighted by Crippen LogP contribution is 2.41. The van der Waals surface area contributed by atoms with E-state index in [1.54, 1.807) is 24.3 Å². The Morgan fingerprint density at radius 3 is 2.50 bits per heavy atom. The molecule has 1 N–H and O–H groups in total. The van der Waals surface area contributed by atoms with Crippen molar-refractivity contribution in [1.29, 1.82) is 0 Å². The second kappa shape index (κ2) is 8.46. The van der Waals surface area contributed by atoms with E-state index in [4.69, 9.17) is 21.1 Å². The van der Waals surface area contributed by atoms with Gasteiger partial charge in [-0.1, -0.05) is 41.9 Å². The number of benzene rings is 2. The molecule has 1 atom stereocenters. The van der Waals surface area contributed by atoms with Crippen LogP contribution in [0, 0.1) is 0 Å². The summed E-state index contributed by atoms with van der Waals surface area (Å²) in [5.41, 5.74) is 0.953. The molecule has 0 bridgehead atoms. The maximum atomic E-state index is 12.8. The van der Waals surface area contributed by atoms with Gasteiger partial charge in [-0.3, -0.25) is 9.59 Å². The fourth-order valence-corrected chi connectivity index (χ4v) is 3.46. The van der Waals surface area contributed by atoms with Crippen LogP contribution in [0.2, 0.25) is 5.02 Å². The summed E-state index contributed by atoms with van der Waals surface area (Å²) >= 11 is 6.07. The van der Waals surface area contributed by atoms with Gasteiger partial charge in [0.15, 0.2) is 0 Å². The highest BCUT2D eigenvalue weighted by molar-refractivity contribution is 6.46. The summed E-state index contributed by atoms with van der Waals surface area (Å²) in [6.45, 7) is 0.473. The Balaban J connectivity index is 2.21. The molecule has 146 valence electrons. The van der Waals surface area contributed by atoms with E-state index in [-0.39, 0.29) is 30.0 Å². The van der Waals surface area contributed by atoms with Crippen LogP contribution >= 0.6 is 11.6 Å². The minimum absolute atomic E-state index is 0.00660. The summed E-state index contributed by atoms with van der Waals surface area (Å²) in [7, 11) is 2.97. The van der Waals surface area contributed by atoms with E-state index in [0.717, 1.165) is 0 Å². The molecule has 0 saturated carbocycles. The molecule has 0 spiro atoms. The van der Waals surface area contributed by atoms with E-state index >= 15 is 0 Å². The van der Waals surface area contributed by atoms with E-state index in [9.17, 15) is 14.7 Å². The standard InChI is InChI=1S/C21H20ClNO5/c1-27-11-10-23-18(13-6-4-3-5-7-13)17(20(25)21(23)26)19(24)15-12-14(22)8-9-16(15)28-2/h3-9,12,18,24H,10-11H2,1-2H3/b19-17+. The summed E-state index contributed by atoms with van der Waals surface area (Å²) < 4.78 is 10.4. The molecule has 3 rings (SSSR count). The molecule has 1 saturated heterocycles.